The fourth-order valence-electron chi connectivity index (χ4n) is 1.44. The normalized spacial score (nSPS) is 12.8. The molecule has 0 radical (unpaired) electrons. The molecule has 2 amide bonds. The molecule has 20 heavy (non-hydrogen) atoms. The van der Waals surface area contributed by atoms with Crippen LogP contribution in [-0.2, 0) is 6.42 Å². The summed E-state index contributed by atoms with van der Waals surface area (Å²) in [5.74, 6) is 0. The molecule has 5 nitrogen and oxygen atoms in total. The Hall–Kier alpha value is -1.80. The van der Waals surface area contributed by atoms with Crippen molar-refractivity contribution < 1.29 is 28.2 Å². The number of amides is 2. The Morgan fingerprint density at radius 2 is 2.05 bits per heavy atom. The van der Waals surface area contributed by atoms with E-state index in [1.165, 1.54) is 24.3 Å². The summed E-state index contributed by atoms with van der Waals surface area (Å²) in [7, 11) is 0. The number of halogens is 3. The van der Waals surface area contributed by atoms with Crippen molar-refractivity contribution >= 4 is 11.7 Å². The summed E-state index contributed by atoms with van der Waals surface area (Å²) in [4.78, 5) is 11.4. The lowest BCUT2D eigenvalue weighted by atomic mass is 10.1. The molecule has 1 unspecified atom stereocenters. The molecule has 1 aromatic carbocycles. The fourth-order valence-corrected chi connectivity index (χ4v) is 1.44. The quantitative estimate of drug-likeness (QED) is 0.659. The predicted molar refractivity (Wildman–Crippen MR) is 66.3 cm³/mol. The number of rotatable bonds is 5. The summed E-state index contributed by atoms with van der Waals surface area (Å²) in [5.41, 5.74) is 0.244. The van der Waals surface area contributed by atoms with Crippen LogP contribution in [0.2, 0.25) is 0 Å². The van der Waals surface area contributed by atoms with E-state index in [4.69, 9.17) is 10.2 Å². The Labute approximate surface area is 113 Å². The van der Waals surface area contributed by atoms with E-state index in [0.29, 0.717) is 0 Å². The van der Waals surface area contributed by atoms with Gasteiger partial charge in [-0.15, -0.1) is 0 Å². The van der Waals surface area contributed by atoms with Crippen LogP contribution in [0.1, 0.15) is 5.56 Å². The molecule has 0 aliphatic rings. The van der Waals surface area contributed by atoms with Crippen LogP contribution in [0.5, 0.6) is 0 Å². The zero-order valence-electron chi connectivity index (χ0n) is 10.4. The lowest BCUT2D eigenvalue weighted by Gasteiger charge is -2.11. The van der Waals surface area contributed by atoms with Crippen LogP contribution >= 0.6 is 0 Å². The van der Waals surface area contributed by atoms with Crippen molar-refractivity contribution in [2.45, 2.75) is 18.7 Å². The number of aliphatic hydroxyl groups excluding tert-OH is 2. The zero-order valence-corrected chi connectivity index (χ0v) is 10.4. The Bertz CT molecular complexity index is 452. The minimum Gasteiger partial charge on any atom is -0.394 e. The molecule has 1 atom stereocenters. The molecular weight excluding hydrogens is 277 g/mol. The number of carbonyl (C=O) groups excluding carboxylic acids is 1. The van der Waals surface area contributed by atoms with Crippen LogP contribution in [0.25, 0.3) is 0 Å². The van der Waals surface area contributed by atoms with E-state index < -0.39 is 31.3 Å². The van der Waals surface area contributed by atoms with E-state index in [9.17, 15) is 18.0 Å². The Balaban J connectivity index is 2.55. The van der Waals surface area contributed by atoms with Gasteiger partial charge >= 0.3 is 12.2 Å². The number of benzene rings is 1. The van der Waals surface area contributed by atoms with E-state index >= 15 is 0 Å². The van der Waals surface area contributed by atoms with Gasteiger partial charge in [-0.05, 0) is 17.7 Å². The third-order valence-electron chi connectivity index (χ3n) is 2.30. The first-order valence-corrected chi connectivity index (χ1v) is 5.79. The molecule has 0 heterocycles. The summed E-state index contributed by atoms with van der Waals surface area (Å²) in [6, 6.07) is 4.70. The second kappa shape index (κ2) is 7.11. The molecule has 112 valence electrons. The third kappa shape index (κ3) is 6.39. The van der Waals surface area contributed by atoms with Gasteiger partial charge in [0, 0.05) is 12.2 Å². The van der Waals surface area contributed by atoms with Gasteiger partial charge in [0.15, 0.2) is 0 Å². The molecule has 0 aliphatic carbocycles. The number of hydrogen-bond acceptors (Lipinski definition) is 3. The lowest BCUT2D eigenvalue weighted by molar-refractivity contribution is -0.127. The molecule has 0 fully saturated rings. The van der Waals surface area contributed by atoms with Gasteiger partial charge in [0.2, 0.25) is 0 Å². The maximum absolute atomic E-state index is 12.2. The molecule has 0 aliphatic heterocycles. The SMILES string of the molecule is O=C(NCC(O)CO)Nc1cccc(CC(F)(F)F)c1. The van der Waals surface area contributed by atoms with Crippen LogP contribution in [0.3, 0.4) is 0 Å². The Morgan fingerprint density at radius 1 is 1.35 bits per heavy atom. The Kier molecular flexibility index (Phi) is 5.78. The van der Waals surface area contributed by atoms with Crippen LogP contribution in [0, 0.1) is 0 Å². The smallest absolute Gasteiger partial charge is 0.393 e. The van der Waals surface area contributed by atoms with Gasteiger partial charge in [0.25, 0.3) is 0 Å². The first-order chi connectivity index (χ1) is 9.30. The van der Waals surface area contributed by atoms with Gasteiger partial charge in [0.05, 0.1) is 19.1 Å². The van der Waals surface area contributed by atoms with Gasteiger partial charge in [0.1, 0.15) is 0 Å². The first-order valence-electron chi connectivity index (χ1n) is 5.79. The van der Waals surface area contributed by atoms with Crippen LogP contribution in [0.15, 0.2) is 24.3 Å². The predicted octanol–water partition coefficient (Wildman–Crippen LogP) is 1.27. The maximum atomic E-state index is 12.2. The number of carbonyl (C=O) groups is 1. The average molecular weight is 292 g/mol. The highest BCUT2D eigenvalue weighted by atomic mass is 19.4. The van der Waals surface area contributed by atoms with Gasteiger partial charge in [-0.25, -0.2) is 4.79 Å². The molecule has 0 spiro atoms. The monoisotopic (exact) mass is 292 g/mol. The Morgan fingerprint density at radius 3 is 2.65 bits per heavy atom. The fraction of sp³-hybridized carbons (Fsp3) is 0.417. The highest BCUT2D eigenvalue weighted by Crippen LogP contribution is 2.22. The molecule has 0 saturated carbocycles. The number of nitrogens with one attached hydrogen (secondary N) is 2. The minimum absolute atomic E-state index is 0.0330. The summed E-state index contributed by atoms with van der Waals surface area (Å²) in [5, 5.41) is 22.2. The number of anilines is 1. The van der Waals surface area contributed by atoms with E-state index in [-0.39, 0.29) is 17.8 Å². The van der Waals surface area contributed by atoms with Crippen molar-refractivity contribution in [2.75, 3.05) is 18.5 Å². The van der Waals surface area contributed by atoms with Gasteiger partial charge in [-0.3, -0.25) is 0 Å². The largest absolute Gasteiger partial charge is 0.394 e. The molecule has 0 aromatic heterocycles. The number of hydrogen-bond donors (Lipinski definition) is 4. The topological polar surface area (TPSA) is 81.6 Å². The maximum Gasteiger partial charge on any atom is 0.393 e. The van der Waals surface area contributed by atoms with Gasteiger partial charge < -0.3 is 20.8 Å². The molecular formula is C12H15F3N2O3. The molecule has 4 N–H and O–H groups in total. The van der Waals surface area contributed by atoms with Crippen LogP contribution < -0.4 is 10.6 Å². The second-order valence-electron chi connectivity index (χ2n) is 4.16. The van der Waals surface area contributed by atoms with Gasteiger partial charge in [-0.1, -0.05) is 12.1 Å². The van der Waals surface area contributed by atoms with Gasteiger partial charge in [-0.2, -0.15) is 13.2 Å². The van der Waals surface area contributed by atoms with E-state index in [2.05, 4.69) is 10.6 Å². The third-order valence-corrected chi connectivity index (χ3v) is 2.30. The standard InChI is InChI=1S/C12H15F3N2O3/c13-12(14,15)5-8-2-1-3-9(4-8)17-11(20)16-6-10(19)7-18/h1-4,10,18-19H,5-7H2,(H2,16,17,20). The minimum atomic E-state index is -4.31. The van der Waals surface area contributed by atoms with Crippen LogP contribution in [-0.4, -0.2) is 41.7 Å². The number of urea groups is 1. The average Bonchev–Trinajstić information content (AvgIpc) is 2.34. The summed E-state index contributed by atoms with van der Waals surface area (Å²) in [6.07, 6.45) is -6.48. The van der Waals surface area contributed by atoms with Crippen molar-refractivity contribution in [1.29, 1.82) is 0 Å². The summed E-state index contributed by atoms with van der Waals surface area (Å²) >= 11 is 0. The highest BCUT2D eigenvalue weighted by molar-refractivity contribution is 5.89. The summed E-state index contributed by atoms with van der Waals surface area (Å²) in [6.45, 7) is -0.661. The second-order valence-corrected chi connectivity index (χ2v) is 4.16. The van der Waals surface area contributed by atoms with E-state index in [0.717, 1.165) is 0 Å². The molecule has 8 heteroatoms. The molecule has 1 aromatic rings. The van der Waals surface area contributed by atoms with Crippen molar-refractivity contribution in [2.24, 2.45) is 0 Å². The lowest BCUT2D eigenvalue weighted by Crippen LogP contribution is -2.36. The summed E-state index contributed by atoms with van der Waals surface area (Å²) < 4.78 is 36.7. The molecule has 1 rings (SSSR count). The molecule has 0 bridgehead atoms. The van der Waals surface area contributed by atoms with Crippen molar-refractivity contribution in [1.82, 2.24) is 5.32 Å². The number of aliphatic hydroxyl groups is 2. The van der Waals surface area contributed by atoms with Crippen LogP contribution in [0.4, 0.5) is 23.7 Å². The van der Waals surface area contributed by atoms with E-state index in [1.807, 2.05) is 0 Å². The first kappa shape index (κ1) is 16.3. The van der Waals surface area contributed by atoms with E-state index in [1.54, 1.807) is 0 Å². The van der Waals surface area contributed by atoms with Crippen molar-refractivity contribution in [3.8, 4) is 0 Å². The molecule has 0 saturated heterocycles. The number of alkyl halides is 3. The highest BCUT2D eigenvalue weighted by Gasteiger charge is 2.27. The zero-order chi connectivity index (χ0) is 15.2. The van der Waals surface area contributed by atoms with Crippen molar-refractivity contribution in [3.05, 3.63) is 29.8 Å². The van der Waals surface area contributed by atoms with Crippen molar-refractivity contribution in [3.63, 3.8) is 0 Å².